The lowest BCUT2D eigenvalue weighted by molar-refractivity contribution is 0.0746. The largest absolute Gasteiger partial charge is 0.497 e. The minimum absolute atomic E-state index is 0.0500. The molecule has 0 atom stereocenters. The molecule has 0 aliphatic carbocycles. The Balaban J connectivity index is 1.47. The van der Waals surface area contributed by atoms with Crippen LogP contribution in [0.2, 0.25) is 0 Å². The lowest BCUT2D eigenvalue weighted by Crippen LogP contribution is -2.48. The number of fused-ring (bicyclic) bond motifs is 1. The summed E-state index contributed by atoms with van der Waals surface area (Å²) in [6, 6.07) is 9.21. The Morgan fingerprint density at radius 2 is 1.93 bits per heavy atom. The maximum Gasteiger partial charge on any atom is 0.254 e. The first-order valence-corrected chi connectivity index (χ1v) is 9.30. The van der Waals surface area contributed by atoms with Gasteiger partial charge in [-0.1, -0.05) is 17.4 Å². The Kier molecular flexibility index (Phi) is 4.65. The number of anilines is 1. The molecule has 1 aliphatic rings. The summed E-state index contributed by atoms with van der Waals surface area (Å²) in [5, 5.41) is 0.642. The predicted molar refractivity (Wildman–Crippen MR) is 101 cm³/mol. The van der Waals surface area contributed by atoms with Gasteiger partial charge in [-0.3, -0.25) is 4.79 Å². The van der Waals surface area contributed by atoms with Gasteiger partial charge in [0.25, 0.3) is 5.91 Å². The number of piperazine rings is 1. The fourth-order valence-corrected chi connectivity index (χ4v) is 4.18. The highest BCUT2D eigenvalue weighted by molar-refractivity contribution is 7.22. The number of amides is 1. The highest BCUT2D eigenvalue weighted by atomic mass is 32.1. The van der Waals surface area contributed by atoms with Gasteiger partial charge in [0.15, 0.2) is 10.9 Å². The molecule has 27 heavy (non-hydrogen) atoms. The third kappa shape index (κ3) is 3.44. The van der Waals surface area contributed by atoms with Gasteiger partial charge < -0.3 is 14.5 Å². The summed E-state index contributed by atoms with van der Waals surface area (Å²) in [6.07, 6.45) is 0. The maximum atomic E-state index is 13.9. The van der Waals surface area contributed by atoms with E-state index >= 15 is 0 Å². The molecule has 0 N–H and O–H groups in total. The molecule has 1 fully saturated rings. The van der Waals surface area contributed by atoms with Crippen molar-refractivity contribution in [1.82, 2.24) is 9.88 Å². The highest BCUT2D eigenvalue weighted by Crippen LogP contribution is 2.31. The van der Waals surface area contributed by atoms with Crippen LogP contribution in [-0.4, -0.2) is 49.1 Å². The Bertz CT molecular complexity index is 1000. The number of carbonyl (C=O) groups excluding carboxylic acids is 1. The van der Waals surface area contributed by atoms with Gasteiger partial charge >= 0.3 is 0 Å². The van der Waals surface area contributed by atoms with E-state index in [0.717, 1.165) is 6.07 Å². The molecule has 8 heteroatoms. The molecule has 1 aliphatic heterocycles. The number of hydrogen-bond donors (Lipinski definition) is 0. The minimum Gasteiger partial charge on any atom is -0.497 e. The summed E-state index contributed by atoms with van der Waals surface area (Å²) in [5.74, 6) is -0.669. The van der Waals surface area contributed by atoms with E-state index in [1.54, 1.807) is 36.3 Å². The van der Waals surface area contributed by atoms with Gasteiger partial charge in [-0.15, -0.1) is 0 Å². The molecular formula is C19H17F2N3O2S. The average Bonchev–Trinajstić information content (AvgIpc) is 3.12. The number of thiazole rings is 1. The van der Waals surface area contributed by atoms with Crippen LogP contribution in [0.1, 0.15) is 10.4 Å². The summed E-state index contributed by atoms with van der Waals surface area (Å²) in [6.45, 7) is 2.23. The summed E-state index contributed by atoms with van der Waals surface area (Å²) in [5.41, 5.74) is 0.770. The maximum absolute atomic E-state index is 13.9. The zero-order valence-corrected chi connectivity index (χ0v) is 15.4. The van der Waals surface area contributed by atoms with E-state index in [-0.39, 0.29) is 11.4 Å². The Labute approximate surface area is 158 Å². The smallest absolute Gasteiger partial charge is 0.254 e. The number of halogens is 2. The van der Waals surface area contributed by atoms with E-state index in [2.05, 4.69) is 4.98 Å². The van der Waals surface area contributed by atoms with Gasteiger partial charge in [0.1, 0.15) is 17.1 Å². The van der Waals surface area contributed by atoms with Crippen LogP contribution < -0.4 is 9.64 Å². The molecule has 0 unspecified atom stereocenters. The fraction of sp³-hybridized carbons (Fsp3) is 0.263. The van der Waals surface area contributed by atoms with Crippen LogP contribution in [0, 0.1) is 11.6 Å². The molecule has 0 bridgehead atoms. The van der Waals surface area contributed by atoms with Crippen molar-refractivity contribution in [1.29, 1.82) is 0 Å². The lowest BCUT2D eigenvalue weighted by Gasteiger charge is -2.34. The van der Waals surface area contributed by atoms with Crippen LogP contribution in [0.4, 0.5) is 13.9 Å². The third-order valence-corrected chi connectivity index (χ3v) is 5.62. The normalized spacial score (nSPS) is 14.6. The quantitative estimate of drug-likeness (QED) is 0.687. The molecule has 2 aromatic carbocycles. The zero-order chi connectivity index (χ0) is 19.0. The third-order valence-electron chi connectivity index (χ3n) is 4.56. The molecule has 1 amide bonds. The van der Waals surface area contributed by atoms with Gasteiger partial charge in [0.05, 0.1) is 11.8 Å². The van der Waals surface area contributed by atoms with E-state index < -0.39 is 11.6 Å². The molecule has 1 saturated heterocycles. The minimum atomic E-state index is -0.653. The number of carbonyl (C=O) groups is 1. The fourth-order valence-electron chi connectivity index (χ4n) is 3.12. The molecule has 5 nitrogen and oxygen atoms in total. The molecule has 3 aromatic rings. The first-order chi connectivity index (χ1) is 13.0. The monoisotopic (exact) mass is 389 g/mol. The second-order valence-corrected chi connectivity index (χ2v) is 7.25. The van der Waals surface area contributed by atoms with Crippen LogP contribution in [0.3, 0.4) is 0 Å². The van der Waals surface area contributed by atoms with Crippen LogP contribution in [0.15, 0.2) is 36.4 Å². The van der Waals surface area contributed by atoms with E-state index in [0.29, 0.717) is 47.3 Å². The van der Waals surface area contributed by atoms with Crippen molar-refractivity contribution in [2.24, 2.45) is 0 Å². The van der Waals surface area contributed by atoms with Crippen molar-refractivity contribution in [3.05, 3.63) is 53.6 Å². The molecule has 2 heterocycles. The first-order valence-electron chi connectivity index (χ1n) is 8.49. The predicted octanol–water partition coefficient (Wildman–Crippen LogP) is 3.55. The lowest BCUT2D eigenvalue weighted by atomic mass is 10.1. The van der Waals surface area contributed by atoms with Crippen molar-refractivity contribution in [3.63, 3.8) is 0 Å². The van der Waals surface area contributed by atoms with Crippen LogP contribution >= 0.6 is 11.3 Å². The number of hydrogen-bond acceptors (Lipinski definition) is 5. The average molecular weight is 389 g/mol. The van der Waals surface area contributed by atoms with Crippen LogP contribution in [-0.2, 0) is 0 Å². The first kappa shape index (κ1) is 17.7. The highest BCUT2D eigenvalue weighted by Gasteiger charge is 2.24. The van der Waals surface area contributed by atoms with Gasteiger partial charge in [0.2, 0.25) is 0 Å². The Hall–Kier alpha value is -2.74. The number of benzene rings is 2. The standard InChI is InChI=1S/C19H17F2N3O2S/c1-26-14-4-2-3-12(9-14)18(25)23-5-7-24(8-6-23)19-22-17-15(21)10-13(20)11-16(17)27-19/h2-4,9-11H,5-8H2,1H3. The van der Waals surface area contributed by atoms with Crippen molar-refractivity contribution in [2.75, 3.05) is 38.2 Å². The van der Waals surface area contributed by atoms with Gasteiger partial charge in [-0.05, 0) is 24.3 Å². The SMILES string of the molecule is COc1cccc(C(=O)N2CCN(c3nc4c(F)cc(F)cc4s3)CC2)c1. The molecule has 0 saturated carbocycles. The molecular weight excluding hydrogens is 372 g/mol. The molecule has 1 aromatic heterocycles. The van der Waals surface area contributed by atoms with E-state index in [1.165, 1.54) is 17.4 Å². The van der Waals surface area contributed by atoms with Gasteiger partial charge in [-0.25, -0.2) is 13.8 Å². The van der Waals surface area contributed by atoms with Crippen LogP contribution in [0.25, 0.3) is 10.2 Å². The number of ether oxygens (including phenoxy) is 1. The van der Waals surface area contributed by atoms with E-state index in [1.807, 2.05) is 4.90 Å². The summed E-state index contributed by atoms with van der Waals surface area (Å²) >= 11 is 1.26. The van der Waals surface area contributed by atoms with E-state index in [4.69, 9.17) is 4.74 Å². The van der Waals surface area contributed by atoms with E-state index in [9.17, 15) is 13.6 Å². The molecule has 4 rings (SSSR count). The number of methoxy groups -OCH3 is 1. The summed E-state index contributed by atoms with van der Waals surface area (Å²) in [7, 11) is 1.56. The summed E-state index contributed by atoms with van der Waals surface area (Å²) < 4.78 is 32.9. The second-order valence-electron chi connectivity index (χ2n) is 6.24. The number of aromatic nitrogens is 1. The molecule has 0 radical (unpaired) electrons. The number of rotatable bonds is 3. The Morgan fingerprint density at radius 3 is 2.67 bits per heavy atom. The van der Waals surface area contributed by atoms with Crippen molar-refractivity contribution < 1.29 is 18.3 Å². The van der Waals surface area contributed by atoms with Gasteiger partial charge in [-0.2, -0.15) is 0 Å². The van der Waals surface area contributed by atoms with Crippen molar-refractivity contribution in [3.8, 4) is 5.75 Å². The van der Waals surface area contributed by atoms with Crippen molar-refractivity contribution >= 4 is 32.6 Å². The molecule has 140 valence electrons. The molecule has 0 spiro atoms. The zero-order valence-electron chi connectivity index (χ0n) is 14.6. The number of nitrogens with zero attached hydrogens (tertiary/aromatic N) is 3. The van der Waals surface area contributed by atoms with Crippen LogP contribution in [0.5, 0.6) is 5.75 Å². The second kappa shape index (κ2) is 7.11. The Morgan fingerprint density at radius 1 is 1.15 bits per heavy atom. The van der Waals surface area contributed by atoms with Crippen molar-refractivity contribution in [2.45, 2.75) is 0 Å². The topological polar surface area (TPSA) is 45.7 Å². The summed E-state index contributed by atoms with van der Waals surface area (Å²) in [4.78, 5) is 20.8. The van der Waals surface area contributed by atoms with Gasteiger partial charge in [0, 0.05) is 37.8 Å².